The maximum absolute atomic E-state index is 11.7. The molecule has 1 aliphatic rings. The lowest BCUT2D eigenvalue weighted by atomic mass is 9.90. The summed E-state index contributed by atoms with van der Waals surface area (Å²) in [6, 6.07) is 0. The number of aliphatic hydroxyl groups is 1. The van der Waals surface area contributed by atoms with E-state index in [2.05, 4.69) is 0 Å². The summed E-state index contributed by atoms with van der Waals surface area (Å²) in [5.74, 6) is -0.908. The Balaban J connectivity index is 2.53. The molecule has 1 rings (SSSR count). The van der Waals surface area contributed by atoms with Gasteiger partial charge in [0, 0.05) is 6.16 Å². The molecule has 0 radical (unpaired) electrons. The quantitative estimate of drug-likeness (QED) is 0.716. The van der Waals surface area contributed by atoms with Crippen molar-refractivity contribution < 1.29 is 14.6 Å². The van der Waals surface area contributed by atoms with Crippen LogP contribution in [0.1, 0.15) is 45.4 Å². The summed E-state index contributed by atoms with van der Waals surface area (Å²) < 4.78 is 11.7. The molecule has 0 heterocycles. The second-order valence-electron chi connectivity index (χ2n) is 4.29. The third-order valence-corrected chi connectivity index (χ3v) is 5.37. The van der Waals surface area contributed by atoms with Crippen molar-refractivity contribution in [2.24, 2.45) is 5.92 Å². The van der Waals surface area contributed by atoms with Crippen LogP contribution in [0.15, 0.2) is 0 Å². The minimum absolute atomic E-state index is 0.0612. The van der Waals surface area contributed by atoms with Gasteiger partial charge in [0.05, 0.1) is 0 Å². The Kier molecular flexibility index (Phi) is 4.62. The van der Waals surface area contributed by atoms with Crippen LogP contribution in [0.25, 0.3) is 0 Å². The highest BCUT2D eigenvalue weighted by atomic mass is 31.2. The summed E-state index contributed by atoms with van der Waals surface area (Å²) in [6.07, 6.45) is 6.13. The third-order valence-electron chi connectivity index (χ3n) is 3.03. The van der Waals surface area contributed by atoms with Crippen LogP contribution in [-0.4, -0.2) is 22.0 Å². The molecule has 2 N–H and O–H groups in total. The van der Waals surface area contributed by atoms with Gasteiger partial charge in [0.25, 0.3) is 0 Å². The number of aliphatic hydroxyl groups excluding tert-OH is 1. The van der Waals surface area contributed by atoms with Gasteiger partial charge in [-0.15, -0.1) is 0 Å². The van der Waals surface area contributed by atoms with E-state index in [0.29, 0.717) is 6.42 Å². The van der Waals surface area contributed by atoms with Crippen LogP contribution in [0, 0.1) is 5.92 Å². The van der Waals surface area contributed by atoms with Crippen LogP contribution >= 0.6 is 7.37 Å². The zero-order chi connectivity index (χ0) is 10.6. The van der Waals surface area contributed by atoms with E-state index in [1.165, 1.54) is 6.42 Å². The first-order valence-electron chi connectivity index (χ1n) is 5.57. The minimum Gasteiger partial charge on any atom is -0.383 e. The van der Waals surface area contributed by atoms with E-state index < -0.39 is 13.2 Å². The van der Waals surface area contributed by atoms with Gasteiger partial charge in [-0.1, -0.05) is 26.2 Å². The highest BCUT2D eigenvalue weighted by Gasteiger charge is 2.35. The van der Waals surface area contributed by atoms with Gasteiger partial charge in [-0.05, 0) is 25.2 Å². The van der Waals surface area contributed by atoms with Crippen LogP contribution in [0.5, 0.6) is 0 Å². The van der Waals surface area contributed by atoms with Crippen molar-refractivity contribution in [1.82, 2.24) is 0 Å². The summed E-state index contributed by atoms with van der Waals surface area (Å²) in [5.41, 5.74) is 0. The number of rotatable bonds is 4. The van der Waals surface area contributed by atoms with Crippen LogP contribution in [0.4, 0.5) is 0 Å². The maximum Gasteiger partial charge on any atom is 0.228 e. The molecule has 0 amide bonds. The predicted octanol–water partition coefficient (Wildman–Crippen LogP) is 2.57. The van der Waals surface area contributed by atoms with Crippen LogP contribution < -0.4 is 0 Å². The fraction of sp³-hybridized carbons (Fsp3) is 1.00. The maximum atomic E-state index is 11.7. The standard InChI is InChI=1S/C10H21O3P/c1-2-8-14(12,13)10(11)9-6-4-3-5-7-9/h9-11H,2-8H2,1H3,(H,12,13)/t10-/m0/s1. The Labute approximate surface area is 86.0 Å². The molecule has 1 aliphatic carbocycles. The molecule has 0 saturated heterocycles. The van der Waals surface area contributed by atoms with E-state index in [1.807, 2.05) is 6.92 Å². The summed E-state index contributed by atoms with van der Waals surface area (Å²) in [7, 11) is -3.30. The SMILES string of the molecule is CCCP(=O)(O)[C@H](O)C1CCCCC1. The zero-order valence-electron chi connectivity index (χ0n) is 8.85. The highest BCUT2D eigenvalue weighted by molar-refractivity contribution is 7.58. The predicted molar refractivity (Wildman–Crippen MR) is 57.6 cm³/mol. The molecule has 0 aromatic rings. The van der Waals surface area contributed by atoms with Crippen LogP contribution in [0.3, 0.4) is 0 Å². The lowest BCUT2D eigenvalue weighted by Gasteiger charge is -2.29. The Morgan fingerprint density at radius 2 is 1.93 bits per heavy atom. The van der Waals surface area contributed by atoms with Crippen molar-refractivity contribution >= 4 is 7.37 Å². The van der Waals surface area contributed by atoms with E-state index in [9.17, 15) is 14.6 Å². The van der Waals surface area contributed by atoms with Gasteiger partial charge >= 0.3 is 0 Å². The van der Waals surface area contributed by atoms with Gasteiger partial charge in [-0.25, -0.2) is 0 Å². The largest absolute Gasteiger partial charge is 0.383 e. The van der Waals surface area contributed by atoms with Gasteiger partial charge in [-0.2, -0.15) is 0 Å². The van der Waals surface area contributed by atoms with Crippen molar-refractivity contribution in [3.05, 3.63) is 0 Å². The summed E-state index contributed by atoms with van der Waals surface area (Å²) >= 11 is 0. The van der Waals surface area contributed by atoms with E-state index in [1.54, 1.807) is 0 Å². The molecular weight excluding hydrogens is 199 g/mol. The molecule has 0 aromatic carbocycles. The molecule has 0 bridgehead atoms. The molecule has 0 aromatic heterocycles. The lowest BCUT2D eigenvalue weighted by molar-refractivity contribution is 0.137. The van der Waals surface area contributed by atoms with Crippen molar-refractivity contribution in [1.29, 1.82) is 0 Å². The second-order valence-corrected chi connectivity index (χ2v) is 6.78. The summed E-state index contributed by atoms with van der Waals surface area (Å²) in [4.78, 5) is 9.64. The molecular formula is C10H21O3P. The molecule has 3 nitrogen and oxygen atoms in total. The topological polar surface area (TPSA) is 57.5 Å². The van der Waals surface area contributed by atoms with E-state index >= 15 is 0 Å². The van der Waals surface area contributed by atoms with Crippen molar-refractivity contribution in [3.63, 3.8) is 0 Å². The first-order valence-corrected chi connectivity index (χ1v) is 7.49. The third kappa shape index (κ3) is 3.08. The van der Waals surface area contributed by atoms with Gasteiger partial charge < -0.3 is 10.00 Å². The van der Waals surface area contributed by atoms with Gasteiger partial charge in [0.15, 0.2) is 0 Å². The zero-order valence-corrected chi connectivity index (χ0v) is 9.75. The molecule has 0 spiro atoms. The highest BCUT2D eigenvalue weighted by Crippen LogP contribution is 2.51. The normalized spacial score (nSPS) is 25.6. The molecule has 1 fully saturated rings. The lowest BCUT2D eigenvalue weighted by Crippen LogP contribution is -2.23. The molecule has 4 heteroatoms. The van der Waals surface area contributed by atoms with E-state index in [-0.39, 0.29) is 12.1 Å². The average molecular weight is 220 g/mol. The van der Waals surface area contributed by atoms with E-state index in [4.69, 9.17) is 0 Å². The Morgan fingerprint density at radius 3 is 2.43 bits per heavy atom. The van der Waals surface area contributed by atoms with Gasteiger partial charge in [0.1, 0.15) is 5.85 Å². The van der Waals surface area contributed by atoms with Crippen LogP contribution in [0.2, 0.25) is 0 Å². The first kappa shape index (κ1) is 12.2. The number of hydrogen-bond acceptors (Lipinski definition) is 2. The van der Waals surface area contributed by atoms with E-state index in [0.717, 1.165) is 25.7 Å². The summed E-state index contributed by atoms with van der Waals surface area (Å²) in [6.45, 7) is 1.87. The molecule has 1 unspecified atom stereocenters. The molecule has 1 saturated carbocycles. The average Bonchev–Trinajstić information content (AvgIpc) is 2.18. The smallest absolute Gasteiger partial charge is 0.228 e. The van der Waals surface area contributed by atoms with Crippen molar-refractivity contribution in [2.45, 2.75) is 51.3 Å². The minimum atomic E-state index is -3.30. The Morgan fingerprint density at radius 1 is 1.36 bits per heavy atom. The molecule has 2 atom stereocenters. The van der Waals surface area contributed by atoms with Gasteiger partial charge in [-0.3, -0.25) is 4.57 Å². The van der Waals surface area contributed by atoms with Gasteiger partial charge in [0.2, 0.25) is 7.37 Å². The van der Waals surface area contributed by atoms with Crippen LogP contribution in [-0.2, 0) is 4.57 Å². The number of hydrogen-bond donors (Lipinski definition) is 2. The summed E-state index contributed by atoms with van der Waals surface area (Å²) in [5, 5.41) is 9.82. The monoisotopic (exact) mass is 220 g/mol. The fourth-order valence-corrected chi connectivity index (χ4v) is 4.08. The second kappa shape index (κ2) is 5.29. The van der Waals surface area contributed by atoms with Crippen molar-refractivity contribution in [3.8, 4) is 0 Å². The first-order chi connectivity index (χ1) is 6.58. The molecule has 14 heavy (non-hydrogen) atoms. The molecule has 84 valence electrons. The Hall–Kier alpha value is 0.150. The molecule has 0 aliphatic heterocycles. The van der Waals surface area contributed by atoms with Crippen molar-refractivity contribution in [2.75, 3.05) is 6.16 Å². The fourth-order valence-electron chi connectivity index (χ4n) is 2.21. The Bertz CT molecular complexity index is 211.